The lowest BCUT2D eigenvalue weighted by Crippen LogP contribution is -2.30. The Morgan fingerprint density at radius 3 is 3.03 bits per heavy atom. The molecule has 2 aromatic heterocycles. The number of pyridine rings is 1. The third kappa shape index (κ3) is 3.28. The molecule has 2 unspecified atom stereocenters. The first-order valence-electron chi connectivity index (χ1n) is 8.96. The summed E-state index contributed by atoms with van der Waals surface area (Å²) in [6.45, 7) is 0.815. The van der Waals surface area contributed by atoms with Crippen LogP contribution >= 0.6 is 0 Å². The number of hydrogen-bond donors (Lipinski definition) is 4. The number of hydrogen-bond acceptors (Lipinski definition) is 7. The maximum Gasteiger partial charge on any atom is 0.261 e. The zero-order valence-electron chi connectivity index (χ0n) is 15.3. The van der Waals surface area contributed by atoms with Crippen LogP contribution in [0, 0.1) is 17.2 Å². The summed E-state index contributed by atoms with van der Waals surface area (Å²) in [5.74, 6) is -1.07. The van der Waals surface area contributed by atoms with E-state index in [-0.39, 0.29) is 34.6 Å². The van der Waals surface area contributed by atoms with Gasteiger partial charge in [0, 0.05) is 18.5 Å². The van der Waals surface area contributed by atoms with Gasteiger partial charge in [0.1, 0.15) is 11.1 Å². The van der Waals surface area contributed by atoms with Crippen molar-refractivity contribution in [3.63, 3.8) is 0 Å². The molecule has 1 aliphatic rings. The Bertz CT molecular complexity index is 1190. The predicted octanol–water partition coefficient (Wildman–Crippen LogP) is 1.37. The van der Waals surface area contributed by atoms with Crippen LogP contribution in [-0.2, 0) is 4.74 Å². The lowest BCUT2D eigenvalue weighted by molar-refractivity contribution is 0.0359. The zero-order valence-corrected chi connectivity index (χ0v) is 15.3. The average Bonchev–Trinajstić information content (AvgIpc) is 3.08. The number of aromatic amines is 1. The van der Waals surface area contributed by atoms with Gasteiger partial charge in [-0.1, -0.05) is 0 Å². The second-order valence-electron chi connectivity index (χ2n) is 6.75. The van der Waals surface area contributed by atoms with Crippen LogP contribution < -0.4 is 16.6 Å². The largest absolute Gasteiger partial charge is 0.507 e. The van der Waals surface area contributed by atoms with E-state index in [1.165, 1.54) is 24.4 Å². The number of phenols is 1. The summed E-state index contributed by atoms with van der Waals surface area (Å²) in [5.41, 5.74) is 5.84. The molecule has 4 rings (SSSR count). The standard InChI is InChI=1S/C19H18N6O4/c20-8-10-4-6-29-9-14(10)25-13-3-5-22-19(28)16(13)18(24-25)23-11-1-2-15(26)12(7-11)17(21)27/h1-3,5,7,10,14,26H,4,6,9H2,(H2,21,27)(H,22,28)(H,23,24). The van der Waals surface area contributed by atoms with Crippen LogP contribution in [0.5, 0.6) is 5.75 Å². The second-order valence-corrected chi connectivity index (χ2v) is 6.75. The smallest absolute Gasteiger partial charge is 0.261 e. The van der Waals surface area contributed by atoms with Crippen molar-refractivity contribution < 1.29 is 14.6 Å². The number of nitrogens with zero attached hydrogens (tertiary/aromatic N) is 3. The summed E-state index contributed by atoms with van der Waals surface area (Å²) in [4.78, 5) is 26.6. The lowest BCUT2D eigenvalue weighted by atomic mass is 9.96. The summed E-state index contributed by atoms with van der Waals surface area (Å²) < 4.78 is 7.17. The van der Waals surface area contributed by atoms with Gasteiger partial charge in [-0.25, -0.2) is 0 Å². The molecule has 0 aliphatic carbocycles. The summed E-state index contributed by atoms with van der Waals surface area (Å²) in [6.07, 6.45) is 2.10. The van der Waals surface area contributed by atoms with Gasteiger partial charge in [-0.15, -0.1) is 0 Å². The maximum absolute atomic E-state index is 12.5. The first kappa shape index (κ1) is 18.5. The number of primary amides is 1. The van der Waals surface area contributed by atoms with E-state index in [0.717, 1.165) is 0 Å². The molecular weight excluding hydrogens is 376 g/mol. The molecule has 1 aromatic carbocycles. The average molecular weight is 394 g/mol. The molecule has 3 heterocycles. The van der Waals surface area contributed by atoms with Gasteiger partial charge in [-0.05, 0) is 30.7 Å². The number of aromatic nitrogens is 3. The number of amides is 1. The third-order valence-electron chi connectivity index (χ3n) is 4.96. The highest BCUT2D eigenvalue weighted by atomic mass is 16.5. The summed E-state index contributed by atoms with van der Waals surface area (Å²) in [6, 6.07) is 7.90. The Balaban J connectivity index is 1.82. The minimum Gasteiger partial charge on any atom is -0.507 e. The number of nitriles is 1. The summed E-state index contributed by atoms with van der Waals surface area (Å²) in [7, 11) is 0. The number of nitrogens with two attached hydrogens (primary N) is 1. The third-order valence-corrected chi connectivity index (χ3v) is 4.96. The highest BCUT2D eigenvalue weighted by molar-refractivity contribution is 5.97. The Kier molecular flexibility index (Phi) is 4.66. The van der Waals surface area contributed by atoms with Gasteiger partial charge in [-0.2, -0.15) is 10.4 Å². The molecule has 1 fully saturated rings. The van der Waals surface area contributed by atoms with Gasteiger partial charge in [0.15, 0.2) is 5.82 Å². The van der Waals surface area contributed by atoms with Crippen molar-refractivity contribution in [1.29, 1.82) is 5.26 Å². The van der Waals surface area contributed by atoms with Gasteiger partial charge >= 0.3 is 0 Å². The van der Waals surface area contributed by atoms with E-state index in [1.807, 2.05) is 0 Å². The monoisotopic (exact) mass is 394 g/mol. The number of ether oxygens (including phenoxy) is 1. The molecule has 3 aromatic rings. The molecule has 10 nitrogen and oxygen atoms in total. The number of anilines is 2. The van der Waals surface area contributed by atoms with E-state index < -0.39 is 5.91 Å². The highest BCUT2D eigenvalue weighted by Gasteiger charge is 2.30. The van der Waals surface area contributed by atoms with E-state index in [1.54, 1.807) is 10.7 Å². The van der Waals surface area contributed by atoms with Crippen molar-refractivity contribution in [3.05, 3.63) is 46.4 Å². The van der Waals surface area contributed by atoms with Crippen molar-refractivity contribution in [1.82, 2.24) is 14.8 Å². The minimum atomic E-state index is -0.782. The lowest BCUT2D eigenvalue weighted by Gasteiger charge is -2.27. The molecule has 0 saturated carbocycles. The quantitative estimate of drug-likeness (QED) is 0.486. The molecule has 10 heteroatoms. The number of nitrogens with one attached hydrogen (secondary N) is 2. The Morgan fingerprint density at radius 1 is 1.45 bits per heavy atom. The molecule has 0 bridgehead atoms. The van der Waals surface area contributed by atoms with Gasteiger partial charge in [-0.3, -0.25) is 14.3 Å². The van der Waals surface area contributed by atoms with Crippen molar-refractivity contribution in [2.45, 2.75) is 12.5 Å². The van der Waals surface area contributed by atoms with Crippen molar-refractivity contribution in [2.24, 2.45) is 11.7 Å². The Morgan fingerprint density at radius 2 is 2.28 bits per heavy atom. The van der Waals surface area contributed by atoms with Crippen molar-refractivity contribution in [2.75, 3.05) is 18.5 Å². The predicted molar refractivity (Wildman–Crippen MR) is 104 cm³/mol. The summed E-state index contributed by atoms with van der Waals surface area (Å²) in [5, 5.41) is 27.1. The number of fused-ring (bicyclic) bond motifs is 1. The number of H-pyrrole nitrogens is 1. The topological polar surface area (TPSA) is 159 Å². The highest BCUT2D eigenvalue weighted by Crippen LogP contribution is 2.32. The van der Waals surface area contributed by atoms with E-state index >= 15 is 0 Å². The number of rotatable bonds is 4. The van der Waals surface area contributed by atoms with E-state index in [4.69, 9.17) is 10.5 Å². The fraction of sp³-hybridized carbons (Fsp3) is 0.263. The Labute approximate surface area is 164 Å². The van der Waals surface area contributed by atoms with Crippen LogP contribution in [0.2, 0.25) is 0 Å². The molecule has 2 atom stereocenters. The molecule has 0 spiro atoms. The van der Waals surface area contributed by atoms with E-state index in [9.17, 15) is 20.0 Å². The molecule has 0 radical (unpaired) electrons. The van der Waals surface area contributed by atoms with E-state index in [2.05, 4.69) is 21.5 Å². The van der Waals surface area contributed by atoms with Crippen LogP contribution in [0.1, 0.15) is 22.8 Å². The van der Waals surface area contributed by atoms with Crippen molar-refractivity contribution >= 4 is 28.3 Å². The molecule has 1 saturated heterocycles. The molecule has 1 amide bonds. The molecule has 5 N–H and O–H groups in total. The first-order chi connectivity index (χ1) is 14.0. The number of benzene rings is 1. The maximum atomic E-state index is 12.5. The zero-order chi connectivity index (χ0) is 20.5. The van der Waals surface area contributed by atoms with Crippen LogP contribution in [0.25, 0.3) is 10.9 Å². The second kappa shape index (κ2) is 7.29. The summed E-state index contributed by atoms with van der Waals surface area (Å²) >= 11 is 0. The van der Waals surface area contributed by atoms with Crippen LogP contribution in [0.15, 0.2) is 35.3 Å². The molecule has 1 aliphatic heterocycles. The number of carbonyl (C=O) groups is 1. The van der Waals surface area contributed by atoms with Crippen LogP contribution in [-0.4, -0.2) is 39.0 Å². The van der Waals surface area contributed by atoms with Crippen LogP contribution in [0.4, 0.5) is 11.5 Å². The fourth-order valence-corrected chi connectivity index (χ4v) is 3.50. The van der Waals surface area contributed by atoms with Gasteiger partial charge in [0.05, 0.1) is 35.7 Å². The number of carbonyl (C=O) groups excluding carboxylic acids is 1. The normalized spacial score (nSPS) is 19.0. The Hall–Kier alpha value is -3.84. The molecular formula is C19H18N6O4. The molecule has 29 heavy (non-hydrogen) atoms. The van der Waals surface area contributed by atoms with Crippen LogP contribution in [0.3, 0.4) is 0 Å². The van der Waals surface area contributed by atoms with E-state index in [0.29, 0.717) is 36.2 Å². The van der Waals surface area contributed by atoms with Crippen molar-refractivity contribution in [3.8, 4) is 11.8 Å². The van der Waals surface area contributed by atoms with Gasteiger partial charge in [0.2, 0.25) is 0 Å². The first-order valence-corrected chi connectivity index (χ1v) is 8.96. The fourth-order valence-electron chi connectivity index (χ4n) is 3.50. The van der Waals surface area contributed by atoms with Gasteiger partial charge < -0.3 is 25.9 Å². The molecule has 148 valence electrons. The minimum absolute atomic E-state index is 0.0575. The SMILES string of the molecule is N#CC1CCOCC1n1nc(Nc2ccc(O)c(C(N)=O)c2)c2c(=O)[nH]ccc21. The number of aromatic hydroxyl groups is 1. The van der Waals surface area contributed by atoms with Gasteiger partial charge in [0.25, 0.3) is 11.5 Å².